The lowest BCUT2D eigenvalue weighted by Gasteiger charge is -2.21. The van der Waals surface area contributed by atoms with Crippen LogP contribution in [-0.2, 0) is 0 Å². The van der Waals surface area contributed by atoms with Crippen molar-refractivity contribution < 1.29 is 9.13 Å². The van der Waals surface area contributed by atoms with Gasteiger partial charge in [0.05, 0.1) is 12.6 Å². The molecule has 0 aliphatic heterocycles. The predicted octanol–water partition coefficient (Wildman–Crippen LogP) is 3.85. The van der Waals surface area contributed by atoms with E-state index < -0.39 is 5.82 Å². The topological polar surface area (TPSA) is 38.2 Å². The van der Waals surface area contributed by atoms with Crippen molar-refractivity contribution in [2.24, 2.45) is 0 Å². The van der Waals surface area contributed by atoms with Crippen LogP contribution in [0.4, 0.5) is 15.9 Å². The second-order valence-corrected chi connectivity index (χ2v) is 4.99. The fraction of sp³-hybridized carbons (Fsp3) is 0.176. The van der Waals surface area contributed by atoms with Crippen LogP contribution in [0.25, 0.3) is 10.9 Å². The van der Waals surface area contributed by atoms with Gasteiger partial charge in [0.2, 0.25) is 0 Å². The molecule has 2 aromatic carbocycles. The van der Waals surface area contributed by atoms with Gasteiger partial charge in [0.15, 0.2) is 11.6 Å². The molecule has 0 aliphatic carbocycles. The largest absolute Gasteiger partial charge is 0.494 e. The van der Waals surface area contributed by atoms with Crippen LogP contribution in [0.2, 0.25) is 0 Å². The Labute approximate surface area is 128 Å². The van der Waals surface area contributed by atoms with Crippen molar-refractivity contribution in [3.05, 3.63) is 54.1 Å². The summed E-state index contributed by atoms with van der Waals surface area (Å²) in [7, 11) is 3.30. The lowest BCUT2D eigenvalue weighted by molar-refractivity contribution is 0.386. The molecular weight excluding hydrogens is 281 g/mol. The first-order valence-corrected chi connectivity index (χ1v) is 6.91. The maximum absolute atomic E-state index is 13.9. The SMILES string of the molecule is COc1ccc(N(C)c2nc(C)nc3ccccc23)cc1F. The van der Waals surface area contributed by atoms with Crippen molar-refractivity contribution in [3.63, 3.8) is 0 Å². The van der Waals surface area contributed by atoms with Crippen LogP contribution in [-0.4, -0.2) is 24.1 Å². The van der Waals surface area contributed by atoms with Crippen LogP contribution < -0.4 is 9.64 Å². The van der Waals surface area contributed by atoms with E-state index in [9.17, 15) is 4.39 Å². The summed E-state index contributed by atoms with van der Waals surface area (Å²) in [4.78, 5) is 10.8. The van der Waals surface area contributed by atoms with Gasteiger partial charge in [-0.1, -0.05) is 12.1 Å². The number of aromatic nitrogens is 2. The standard InChI is InChI=1S/C17H16FN3O/c1-11-19-15-7-5-4-6-13(15)17(20-11)21(2)12-8-9-16(22-3)14(18)10-12/h4-10H,1-3H3. The number of fused-ring (bicyclic) bond motifs is 1. The van der Waals surface area contributed by atoms with Crippen molar-refractivity contribution in [3.8, 4) is 5.75 Å². The molecule has 1 aromatic heterocycles. The van der Waals surface area contributed by atoms with Gasteiger partial charge in [-0.2, -0.15) is 0 Å². The number of anilines is 2. The minimum Gasteiger partial charge on any atom is -0.494 e. The zero-order valence-electron chi connectivity index (χ0n) is 12.7. The molecule has 22 heavy (non-hydrogen) atoms. The number of methoxy groups -OCH3 is 1. The molecule has 0 aliphatic rings. The van der Waals surface area contributed by atoms with Crippen molar-refractivity contribution >= 4 is 22.4 Å². The van der Waals surface area contributed by atoms with E-state index >= 15 is 0 Å². The molecule has 5 heteroatoms. The molecular formula is C17H16FN3O. The highest BCUT2D eigenvalue weighted by Crippen LogP contribution is 2.30. The third kappa shape index (κ3) is 2.45. The Bertz CT molecular complexity index is 835. The summed E-state index contributed by atoms with van der Waals surface area (Å²) in [6.45, 7) is 1.85. The number of benzene rings is 2. The van der Waals surface area contributed by atoms with Gasteiger partial charge in [0.25, 0.3) is 0 Å². The van der Waals surface area contributed by atoms with Crippen molar-refractivity contribution in [1.29, 1.82) is 0 Å². The van der Waals surface area contributed by atoms with Crippen LogP contribution in [0.3, 0.4) is 0 Å². The van der Waals surface area contributed by atoms with E-state index in [4.69, 9.17) is 4.74 Å². The van der Waals surface area contributed by atoms with Gasteiger partial charge in [-0.05, 0) is 31.2 Å². The molecule has 0 fully saturated rings. The van der Waals surface area contributed by atoms with E-state index in [1.807, 2.05) is 43.1 Å². The fourth-order valence-electron chi connectivity index (χ4n) is 2.41. The summed E-state index contributed by atoms with van der Waals surface area (Å²) in [6.07, 6.45) is 0. The van der Waals surface area contributed by atoms with Gasteiger partial charge in [0, 0.05) is 24.2 Å². The van der Waals surface area contributed by atoms with Crippen LogP contribution in [0.15, 0.2) is 42.5 Å². The molecule has 0 bridgehead atoms. The van der Waals surface area contributed by atoms with Crippen molar-refractivity contribution in [1.82, 2.24) is 9.97 Å². The van der Waals surface area contributed by atoms with Gasteiger partial charge < -0.3 is 9.64 Å². The van der Waals surface area contributed by atoms with Gasteiger partial charge in [-0.25, -0.2) is 14.4 Å². The average molecular weight is 297 g/mol. The summed E-state index contributed by atoms with van der Waals surface area (Å²) in [6, 6.07) is 12.6. The third-order valence-electron chi connectivity index (χ3n) is 3.54. The molecule has 3 aromatic rings. The van der Waals surface area contributed by atoms with E-state index in [0.717, 1.165) is 16.7 Å². The van der Waals surface area contributed by atoms with Crippen LogP contribution >= 0.6 is 0 Å². The molecule has 0 spiro atoms. The van der Waals surface area contributed by atoms with Gasteiger partial charge in [-0.15, -0.1) is 0 Å². The zero-order valence-corrected chi connectivity index (χ0v) is 12.7. The van der Waals surface area contributed by atoms with Gasteiger partial charge >= 0.3 is 0 Å². The molecule has 0 N–H and O–H groups in total. The van der Waals surface area contributed by atoms with Gasteiger partial charge in [-0.3, -0.25) is 0 Å². The highest BCUT2D eigenvalue weighted by molar-refractivity contribution is 5.91. The number of rotatable bonds is 3. The molecule has 4 nitrogen and oxygen atoms in total. The first kappa shape index (κ1) is 14.3. The maximum Gasteiger partial charge on any atom is 0.167 e. The first-order valence-electron chi connectivity index (χ1n) is 6.91. The van der Waals surface area contributed by atoms with E-state index in [1.54, 1.807) is 12.1 Å². The number of aryl methyl sites for hydroxylation is 1. The monoisotopic (exact) mass is 297 g/mol. The Morgan fingerprint density at radius 1 is 1.09 bits per heavy atom. The molecule has 0 saturated carbocycles. The Balaban J connectivity index is 2.12. The smallest absolute Gasteiger partial charge is 0.167 e. The number of nitrogens with zero attached hydrogens (tertiary/aromatic N) is 3. The highest BCUT2D eigenvalue weighted by atomic mass is 19.1. The van der Waals surface area contributed by atoms with E-state index in [2.05, 4.69) is 9.97 Å². The summed E-state index contributed by atoms with van der Waals surface area (Å²) in [5.41, 5.74) is 1.56. The summed E-state index contributed by atoms with van der Waals surface area (Å²) < 4.78 is 18.9. The molecule has 0 atom stereocenters. The van der Waals surface area contributed by atoms with Crippen LogP contribution in [0.1, 0.15) is 5.82 Å². The van der Waals surface area contributed by atoms with E-state index in [1.165, 1.54) is 13.2 Å². The van der Waals surface area contributed by atoms with E-state index in [0.29, 0.717) is 11.5 Å². The summed E-state index contributed by atoms with van der Waals surface area (Å²) >= 11 is 0. The second kappa shape index (κ2) is 5.60. The molecule has 0 amide bonds. The van der Waals surface area contributed by atoms with Gasteiger partial charge in [0.1, 0.15) is 11.6 Å². The molecule has 1 heterocycles. The highest BCUT2D eigenvalue weighted by Gasteiger charge is 2.13. The summed E-state index contributed by atoms with van der Waals surface area (Å²) in [5, 5.41) is 0.923. The molecule has 0 unspecified atom stereocenters. The maximum atomic E-state index is 13.9. The number of ether oxygens (including phenoxy) is 1. The van der Waals surface area contributed by atoms with Crippen molar-refractivity contribution in [2.75, 3.05) is 19.1 Å². The van der Waals surface area contributed by atoms with Crippen molar-refractivity contribution in [2.45, 2.75) is 6.92 Å². The Kier molecular flexibility index (Phi) is 3.63. The van der Waals surface area contributed by atoms with Crippen LogP contribution in [0.5, 0.6) is 5.75 Å². The second-order valence-electron chi connectivity index (χ2n) is 4.99. The lowest BCUT2D eigenvalue weighted by atomic mass is 10.2. The molecule has 0 radical (unpaired) electrons. The lowest BCUT2D eigenvalue weighted by Crippen LogP contribution is -2.13. The number of halogens is 1. The normalized spacial score (nSPS) is 10.7. The van der Waals surface area contributed by atoms with E-state index in [-0.39, 0.29) is 5.75 Å². The zero-order chi connectivity index (χ0) is 15.7. The molecule has 3 rings (SSSR count). The van der Waals surface area contributed by atoms with Crippen LogP contribution in [0, 0.1) is 12.7 Å². The summed E-state index contributed by atoms with van der Waals surface area (Å²) in [5.74, 6) is 1.24. The predicted molar refractivity (Wildman–Crippen MR) is 85.3 cm³/mol. The number of hydrogen-bond acceptors (Lipinski definition) is 4. The fourth-order valence-corrected chi connectivity index (χ4v) is 2.41. The Morgan fingerprint density at radius 2 is 1.86 bits per heavy atom. The molecule has 0 saturated heterocycles. The Morgan fingerprint density at radius 3 is 2.59 bits per heavy atom. The average Bonchev–Trinajstić information content (AvgIpc) is 2.53. The minimum absolute atomic E-state index is 0.223. The Hall–Kier alpha value is -2.69. The first-order chi connectivity index (χ1) is 10.6. The minimum atomic E-state index is -0.401. The molecule has 112 valence electrons. The number of hydrogen-bond donors (Lipinski definition) is 0. The number of para-hydroxylation sites is 1. The third-order valence-corrected chi connectivity index (χ3v) is 3.54. The quantitative estimate of drug-likeness (QED) is 0.736.